The zero-order valence-electron chi connectivity index (χ0n) is 16.8. The molecule has 3 rings (SSSR count). The summed E-state index contributed by atoms with van der Waals surface area (Å²) in [5.41, 5.74) is 5.17. The number of hydrogen-bond donors (Lipinski definition) is 1. The predicted octanol–water partition coefficient (Wildman–Crippen LogP) is 6.20. The van der Waals surface area contributed by atoms with Gasteiger partial charge in [-0.05, 0) is 67.7 Å². The second kappa shape index (κ2) is 9.18. The van der Waals surface area contributed by atoms with Gasteiger partial charge in [0.15, 0.2) is 0 Å². The third-order valence-corrected chi connectivity index (χ3v) is 5.26. The highest BCUT2D eigenvalue weighted by atomic mass is 19.1. The summed E-state index contributed by atoms with van der Waals surface area (Å²) in [4.78, 5) is 5.26. The quantitative estimate of drug-likeness (QED) is 0.447. The Morgan fingerprint density at radius 1 is 0.926 bits per heavy atom. The summed E-state index contributed by atoms with van der Waals surface area (Å²) in [5.74, 6) is -0.178. The lowest BCUT2D eigenvalue weighted by atomic mass is 9.99. The van der Waals surface area contributed by atoms with E-state index in [1.165, 1.54) is 36.8 Å². The van der Waals surface area contributed by atoms with Crippen LogP contribution < -0.4 is 0 Å². The van der Waals surface area contributed by atoms with Gasteiger partial charge in [-0.25, -0.2) is 4.39 Å². The molecule has 0 unspecified atom stereocenters. The molecule has 0 radical (unpaired) electrons. The van der Waals surface area contributed by atoms with Crippen LogP contribution in [-0.4, -0.2) is 30.5 Å². The van der Waals surface area contributed by atoms with Crippen molar-refractivity contribution in [1.82, 2.24) is 9.88 Å². The van der Waals surface area contributed by atoms with Gasteiger partial charge in [0.1, 0.15) is 5.82 Å². The van der Waals surface area contributed by atoms with E-state index >= 15 is 0 Å². The number of rotatable bonds is 9. The van der Waals surface area contributed by atoms with Crippen molar-refractivity contribution in [2.75, 3.05) is 20.6 Å². The molecule has 0 amide bonds. The fourth-order valence-electron chi connectivity index (χ4n) is 3.58. The number of aromatic nitrogens is 1. The highest BCUT2D eigenvalue weighted by Crippen LogP contribution is 2.29. The number of hydrogen-bond acceptors (Lipinski definition) is 1. The van der Waals surface area contributed by atoms with E-state index in [1.807, 2.05) is 6.20 Å². The smallest absolute Gasteiger partial charge is 0.147 e. The molecule has 0 saturated carbocycles. The minimum absolute atomic E-state index is 0.178. The van der Waals surface area contributed by atoms with Gasteiger partial charge in [0.25, 0.3) is 0 Å². The second-order valence-corrected chi connectivity index (χ2v) is 7.76. The first-order chi connectivity index (χ1) is 13.1. The summed E-state index contributed by atoms with van der Waals surface area (Å²) in [6.45, 7) is 3.19. The van der Waals surface area contributed by atoms with E-state index in [0.29, 0.717) is 5.52 Å². The molecule has 1 heterocycles. The van der Waals surface area contributed by atoms with Crippen LogP contribution >= 0.6 is 0 Å². The maximum atomic E-state index is 14.6. The van der Waals surface area contributed by atoms with Crippen LogP contribution in [0.25, 0.3) is 22.0 Å². The molecule has 0 aliphatic rings. The standard InChI is InChI=1S/C24H31FN2/c1-4-5-6-7-8-18-9-11-19(12-10-18)21-15-22-20(13-14-27(2)3)17-26-24(22)23(25)16-21/h9-12,15-17,26H,4-8,13-14H2,1-3H3. The molecule has 0 saturated heterocycles. The topological polar surface area (TPSA) is 19.0 Å². The Labute approximate surface area is 162 Å². The third kappa shape index (κ3) is 4.98. The molecule has 3 aromatic rings. The molecule has 144 valence electrons. The van der Waals surface area contributed by atoms with Crippen LogP contribution in [0.15, 0.2) is 42.6 Å². The number of H-pyrrole nitrogens is 1. The van der Waals surface area contributed by atoms with Gasteiger partial charge in [0.2, 0.25) is 0 Å². The second-order valence-electron chi connectivity index (χ2n) is 7.76. The van der Waals surface area contributed by atoms with Crippen LogP contribution in [0.1, 0.15) is 43.7 Å². The molecule has 0 aliphatic heterocycles. The molecule has 1 N–H and O–H groups in total. The number of likely N-dealkylation sites (N-methyl/N-ethyl adjacent to an activating group) is 1. The van der Waals surface area contributed by atoms with Crippen LogP contribution in [0.5, 0.6) is 0 Å². The normalized spacial score (nSPS) is 11.6. The van der Waals surface area contributed by atoms with E-state index in [-0.39, 0.29) is 5.82 Å². The minimum Gasteiger partial charge on any atom is -0.359 e. The Kier molecular flexibility index (Phi) is 6.68. The van der Waals surface area contributed by atoms with E-state index < -0.39 is 0 Å². The Balaban J connectivity index is 1.80. The lowest BCUT2D eigenvalue weighted by molar-refractivity contribution is 0.414. The number of halogens is 1. The van der Waals surface area contributed by atoms with Crippen LogP contribution in [0, 0.1) is 5.82 Å². The van der Waals surface area contributed by atoms with Gasteiger partial charge in [0, 0.05) is 18.1 Å². The van der Waals surface area contributed by atoms with Crippen molar-refractivity contribution < 1.29 is 4.39 Å². The number of unbranched alkanes of at least 4 members (excludes halogenated alkanes) is 3. The summed E-state index contributed by atoms with van der Waals surface area (Å²) in [5, 5.41) is 0.996. The Bertz CT molecular complexity index is 862. The molecule has 2 aromatic carbocycles. The van der Waals surface area contributed by atoms with E-state index in [0.717, 1.165) is 35.9 Å². The van der Waals surface area contributed by atoms with Crippen molar-refractivity contribution in [3.63, 3.8) is 0 Å². The van der Waals surface area contributed by atoms with E-state index in [4.69, 9.17) is 0 Å². The fourth-order valence-corrected chi connectivity index (χ4v) is 3.58. The molecule has 0 aliphatic carbocycles. The molecular formula is C24H31FN2. The van der Waals surface area contributed by atoms with Crippen molar-refractivity contribution in [1.29, 1.82) is 0 Å². The van der Waals surface area contributed by atoms with Crippen LogP contribution in [0.3, 0.4) is 0 Å². The molecule has 3 heteroatoms. The number of benzene rings is 2. The molecule has 0 fully saturated rings. The summed E-state index contributed by atoms with van der Waals surface area (Å²) < 4.78 is 14.6. The molecular weight excluding hydrogens is 335 g/mol. The van der Waals surface area contributed by atoms with Crippen molar-refractivity contribution in [3.8, 4) is 11.1 Å². The fraction of sp³-hybridized carbons (Fsp3) is 0.417. The van der Waals surface area contributed by atoms with Crippen molar-refractivity contribution in [2.45, 2.75) is 45.4 Å². The van der Waals surface area contributed by atoms with Crippen LogP contribution in [0.2, 0.25) is 0 Å². The number of aromatic amines is 1. The number of nitrogens with zero attached hydrogens (tertiary/aromatic N) is 1. The highest BCUT2D eigenvalue weighted by Gasteiger charge is 2.11. The van der Waals surface area contributed by atoms with Gasteiger partial charge >= 0.3 is 0 Å². The van der Waals surface area contributed by atoms with Gasteiger partial charge in [-0.3, -0.25) is 0 Å². The minimum atomic E-state index is -0.178. The van der Waals surface area contributed by atoms with Crippen LogP contribution in [-0.2, 0) is 12.8 Å². The largest absolute Gasteiger partial charge is 0.359 e. The molecule has 0 atom stereocenters. The van der Waals surface area contributed by atoms with Crippen LogP contribution in [0.4, 0.5) is 4.39 Å². The van der Waals surface area contributed by atoms with E-state index in [9.17, 15) is 4.39 Å². The molecule has 1 aromatic heterocycles. The van der Waals surface area contributed by atoms with Gasteiger partial charge in [-0.15, -0.1) is 0 Å². The SMILES string of the molecule is CCCCCCc1ccc(-c2cc(F)c3[nH]cc(CCN(C)C)c3c2)cc1. The van der Waals surface area contributed by atoms with Gasteiger partial charge in [-0.1, -0.05) is 50.5 Å². The summed E-state index contributed by atoms with van der Waals surface area (Å²) in [6.07, 6.45) is 9.09. The van der Waals surface area contributed by atoms with Crippen molar-refractivity contribution in [2.24, 2.45) is 0 Å². The number of aryl methyl sites for hydroxylation is 1. The zero-order chi connectivity index (χ0) is 19.2. The number of fused-ring (bicyclic) bond motifs is 1. The average Bonchev–Trinajstić information content (AvgIpc) is 3.08. The van der Waals surface area contributed by atoms with Gasteiger partial charge < -0.3 is 9.88 Å². The van der Waals surface area contributed by atoms with Crippen molar-refractivity contribution in [3.05, 3.63) is 59.5 Å². The van der Waals surface area contributed by atoms with Gasteiger partial charge in [0.05, 0.1) is 5.52 Å². The Morgan fingerprint density at radius 3 is 2.41 bits per heavy atom. The lowest BCUT2D eigenvalue weighted by Gasteiger charge is -2.09. The highest BCUT2D eigenvalue weighted by molar-refractivity contribution is 5.88. The lowest BCUT2D eigenvalue weighted by Crippen LogP contribution is -2.14. The first kappa shape index (κ1) is 19.6. The van der Waals surface area contributed by atoms with E-state index in [1.54, 1.807) is 6.07 Å². The summed E-state index contributed by atoms with van der Waals surface area (Å²) >= 11 is 0. The van der Waals surface area contributed by atoms with Crippen molar-refractivity contribution >= 4 is 10.9 Å². The molecule has 0 bridgehead atoms. The Hall–Kier alpha value is -2.13. The number of nitrogens with one attached hydrogen (secondary N) is 1. The Morgan fingerprint density at radius 2 is 1.70 bits per heavy atom. The summed E-state index contributed by atoms with van der Waals surface area (Å²) in [6, 6.07) is 12.4. The summed E-state index contributed by atoms with van der Waals surface area (Å²) in [7, 11) is 4.12. The zero-order valence-corrected chi connectivity index (χ0v) is 16.8. The first-order valence-electron chi connectivity index (χ1n) is 10.1. The average molecular weight is 367 g/mol. The van der Waals surface area contributed by atoms with Gasteiger partial charge in [-0.2, -0.15) is 0 Å². The molecule has 27 heavy (non-hydrogen) atoms. The third-order valence-electron chi connectivity index (χ3n) is 5.26. The van der Waals surface area contributed by atoms with E-state index in [2.05, 4.69) is 61.2 Å². The first-order valence-corrected chi connectivity index (χ1v) is 10.1. The maximum Gasteiger partial charge on any atom is 0.147 e. The maximum absolute atomic E-state index is 14.6. The monoisotopic (exact) mass is 366 g/mol. The molecule has 0 spiro atoms. The molecule has 2 nitrogen and oxygen atoms in total. The predicted molar refractivity (Wildman–Crippen MR) is 114 cm³/mol.